The Morgan fingerprint density at radius 1 is 1.44 bits per heavy atom. The van der Waals surface area contributed by atoms with Crippen molar-refractivity contribution in [3.05, 3.63) is 23.3 Å². The van der Waals surface area contributed by atoms with Crippen molar-refractivity contribution < 1.29 is 24.9 Å². The normalized spacial score (nSPS) is 10.1. The maximum absolute atomic E-state index is 10.8. The number of hydrogen-bond donors (Lipinski definition) is 3. The molecular formula is C11H14O5. The molecule has 0 aromatic heterocycles. The van der Waals surface area contributed by atoms with Gasteiger partial charge in [-0.25, -0.2) is 4.79 Å². The molecule has 0 aliphatic heterocycles. The fourth-order valence-corrected chi connectivity index (χ4v) is 1.40. The minimum absolute atomic E-state index is 0.0148. The second-order valence-electron chi connectivity index (χ2n) is 3.32. The second-order valence-corrected chi connectivity index (χ2v) is 3.32. The molecule has 0 heterocycles. The Balaban J connectivity index is 3.13. The molecule has 0 aliphatic rings. The van der Waals surface area contributed by atoms with Crippen LogP contribution in [-0.4, -0.2) is 35.0 Å². The highest BCUT2D eigenvalue weighted by Crippen LogP contribution is 2.32. The van der Waals surface area contributed by atoms with Crippen LogP contribution in [0, 0.1) is 0 Å². The van der Waals surface area contributed by atoms with Gasteiger partial charge in [-0.05, 0) is 30.5 Å². The van der Waals surface area contributed by atoms with Gasteiger partial charge >= 0.3 is 5.97 Å². The average molecular weight is 226 g/mol. The van der Waals surface area contributed by atoms with Crippen LogP contribution < -0.4 is 4.74 Å². The molecule has 0 saturated carbocycles. The van der Waals surface area contributed by atoms with E-state index in [0.29, 0.717) is 18.4 Å². The van der Waals surface area contributed by atoms with Gasteiger partial charge in [0.1, 0.15) is 0 Å². The molecule has 3 N–H and O–H groups in total. The topological polar surface area (TPSA) is 87.0 Å². The first-order chi connectivity index (χ1) is 7.60. The van der Waals surface area contributed by atoms with Gasteiger partial charge in [-0.2, -0.15) is 0 Å². The molecule has 88 valence electrons. The van der Waals surface area contributed by atoms with Gasteiger partial charge in [0.25, 0.3) is 0 Å². The molecule has 0 spiro atoms. The summed E-state index contributed by atoms with van der Waals surface area (Å²) in [6, 6.07) is 2.65. The third-order valence-corrected chi connectivity index (χ3v) is 2.22. The van der Waals surface area contributed by atoms with Crippen LogP contribution in [-0.2, 0) is 6.42 Å². The van der Waals surface area contributed by atoms with E-state index in [1.54, 1.807) is 0 Å². The minimum Gasteiger partial charge on any atom is -0.504 e. The number of phenols is 1. The molecule has 0 atom stereocenters. The first-order valence-corrected chi connectivity index (χ1v) is 4.84. The highest BCUT2D eigenvalue weighted by Gasteiger charge is 2.13. The number of benzene rings is 1. The van der Waals surface area contributed by atoms with Gasteiger partial charge in [0.05, 0.1) is 12.7 Å². The first kappa shape index (κ1) is 12.3. The predicted octanol–water partition coefficient (Wildman–Crippen LogP) is 1.02. The number of carbonyl (C=O) groups is 1. The molecule has 0 aliphatic carbocycles. The number of aromatic carboxylic acids is 1. The molecule has 0 bridgehead atoms. The summed E-state index contributed by atoms with van der Waals surface area (Å²) in [5.74, 6) is -1.02. The van der Waals surface area contributed by atoms with Crippen LogP contribution in [0.5, 0.6) is 11.5 Å². The summed E-state index contributed by atoms with van der Waals surface area (Å²) in [7, 11) is 1.36. The van der Waals surface area contributed by atoms with E-state index in [1.807, 2.05) is 0 Å². The highest BCUT2D eigenvalue weighted by molar-refractivity contribution is 5.89. The number of aliphatic hydroxyl groups excluding tert-OH is 1. The zero-order chi connectivity index (χ0) is 12.1. The highest BCUT2D eigenvalue weighted by atomic mass is 16.5. The Hall–Kier alpha value is -1.75. The van der Waals surface area contributed by atoms with Crippen molar-refractivity contribution >= 4 is 5.97 Å². The number of aromatic hydroxyl groups is 1. The average Bonchev–Trinajstić information content (AvgIpc) is 2.27. The molecule has 5 heteroatoms. The van der Waals surface area contributed by atoms with E-state index in [9.17, 15) is 9.90 Å². The smallest absolute Gasteiger partial charge is 0.335 e. The molecular weight excluding hydrogens is 212 g/mol. The fourth-order valence-electron chi connectivity index (χ4n) is 1.40. The summed E-state index contributed by atoms with van der Waals surface area (Å²) in [4.78, 5) is 10.8. The SMILES string of the molecule is COc1cc(C(=O)O)cc(CCCO)c1O. The molecule has 16 heavy (non-hydrogen) atoms. The van der Waals surface area contributed by atoms with Gasteiger partial charge in [-0.3, -0.25) is 0 Å². The second kappa shape index (κ2) is 5.37. The number of aliphatic hydroxyl groups is 1. The maximum Gasteiger partial charge on any atom is 0.335 e. The van der Waals surface area contributed by atoms with E-state index >= 15 is 0 Å². The van der Waals surface area contributed by atoms with Gasteiger partial charge in [0.2, 0.25) is 0 Å². The number of phenolic OH excluding ortho intramolecular Hbond substituents is 1. The lowest BCUT2D eigenvalue weighted by Gasteiger charge is -2.10. The van der Waals surface area contributed by atoms with Crippen molar-refractivity contribution in [2.45, 2.75) is 12.8 Å². The predicted molar refractivity (Wildman–Crippen MR) is 57.0 cm³/mol. The zero-order valence-corrected chi connectivity index (χ0v) is 8.93. The largest absolute Gasteiger partial charge is 0.504 e. The maximum atomic E-state index is 10.8. The zero-order valence-electron chi connectivity index (χ0n) is 8.93. The molecule has 0 unspecified atom stereocenters. The van der Waals surface area contributed by atoms with Crippen molar-refractivity contribution in [2.24, 2.45) is 0 Å². The number of carboxylic acids is 1. The lowest BCUT2D eigenvalue weighted by molar-refractivity contribution is 0.0696. The van der Waals surface area contributed by atoms with Crippen LogP contribution in [0.2, 0.25) is 0 Å². The van der Waals surface area contributed by atoms with Gasteiger partial charge in [0.15, 0.2) is 11.5 Å². The van der Waals surface area contributed by atoms with Gasteiger partial charge < -0.3 is 20.1 Å². The van der Waals surface area contributed by atoms with E-state index in [-0.39, 0.29) is 23.7 Å². The van der Waals surface area contributed by atoms with Crippen molar-refractivity contribution in [3.63, 3.8) is 0 Å². The summed E-state index contributed by atoms with van der Waals surface area (Å²) in [6.07, 6.45) is 0.861. The number of methoxy groups -OCH3 is 1. The number of ether oxygens (including phenoxy) is 1. The summed E-state index contributed by atoms with van der Waals surface area (Å²) < 4.78 is 4.88. The summed E-state index contributed by atoms with van der Waals surface area (Å²) >= 11 is 0. The van der Waals surface area contributed by atoms with Gasteiger partial charge in [-0.15, -0.1) is 0 Å². The molecule has 0 radical (unpaired) electrons. The van der Waals surface area contributed by atoms with Crippen LogP contribution in [0.4, 0.5) is 0 Å². The number of aryl methyl sites for hydroxylation is 1. The summed E-state index contributed by atoms with van der Waals surface area (Å²) in [6.45, 7) is -0.0148. The molecule has 1 rings (SSSR count). The minimum atomic E-state index is -1.08. The Labute approximate surface area is 92.9 Å². The summed E-state index contributed by atoms with van der Waals surface area (Å²) in [5.41, 5.74) is 0.522. The van der Waals surface area contributed by atoms with E-state index in [1.165, 1.54) is 19.2 Å². The Morgan fingerprint density at radius 3 is 2.62 bits per heavy atom. The molecule has 5 nitrogen and oxygen atoms in total. The lowest BCUT2D eigenvalue weighted by atomic mass is 10.0. The number of carboxylic acid groups (broad SMARTS) is 1. The Kier molecular flexibility index (Phi) is 4.13. The van der Waals surface area contributed by atoms with Crippen LogP contribution in [0.3, 0.4) is 0 Å². The van der Waals surface area contributed by atoms with E-state index in [4.69, 9.17) is 14.9 Å². The molecule has 0 fully saturated rings. The van der Waals surface area contributed by atoms with Crippen molar-refractivity contribution in [3.8, 4) is 11.5 Å². The van der Waals surface area contributed by atoms with Crippen molar-refractivity contribution in [1.29, 1.82) is 0 Å². The Morgan fingerprint density at radius 2 is 2.12 bits per heavy atom. The Bertz CT molecular complexity index is 386. The van der Waals surface area contributed by atoms with Crippen LogP contribution in [0.1, 0.15) is 22.3 Å². The number of hydrogen-bond acceptors (Lipinski definition) is 4. The number of rotatable bonds is 5. The fraction of sp³-hybridized carbons (Fsp3) is 0.364. The van der Waals surface area contributed by atoms with E-state index in [2.05, 4.69) is 0 Å². The van der Waals surface area contributed by atoms with E-state index in [0.717, 1.165) is 0 Å². The van der Waals surface area contributed by atoms with Crippen LogP contribution in [0.25, 0.3) is 0 Å². The molecule has 1 aromatic rings. The molecule has 0 saturated heterocycles. The quantitative estimate of drug-likeness (QED) is 0.697. The van der Waals surface area contributed by atoms with Crippen LogP contribution >= 0.6 is 0 Å². The molecule has 0 amide bonds. The third-order valence-electron chi connectivity index (χ3n) is 2.22. The van der Waals surface area contributed by atoms with Gasteiger partial charge in [0, 0.05) is 6.61 Å². The lowest BCUT2D eigenvalue weighted by Crippen LogP contribution is -2.01. The van der Waals surface area contributed by atoms with E-state index < -0.39 is 5.97 Å². The standard InChI is InChI=1S/C11H14O5/c1-16-9-6-8(11(14)15)5-7(10(9)13)3-2-4-12/h5-6,12-13H,2-4H2,1H3,(H,14,15). The molecule has 1 aromatic carbocycles. The van der Waals surface area contributed by atoms with Gasteiger partial charge in [-0.1, -0.05) is 0 Å². The first-order valence-electron chi connectivity index (χ1n) is 4.84. The monoisotopic (exact) mass is 226 g/mol. The third kappa shape index (κ3) is 2.64. The van der Waals surface area contributed by atoms with Crippen LogP contribution in [0.15, 0.2) is 12.1 Å². The van der Waals surface area contributed by atoms with Crippen molar-refractivity contribution in [1.82, 2.24) is 0 Å². The summed E-state index contributed by atoms with van der Waals surface area (Å²) in [5, 5.41) is 27.3. The van der Waals surface area contributed by atoms with Crippen molar-refractivity contribution in [2.75, 3.05) is 13.7 Å².